The number of halogens is 5. The van der Waals surface area contributed by atoms with E-state index in [4.69, 9.17) is 46.4 Å². The molecule has 3 aromatic rings. The molecule has 0 spiro atoms. The number of hydrogen-bond donors (Lipinski definition) is 0. The predicted octanol–water partition coefficient (Wildman–Crippen LogP) is 6.88. The highest BCUT2D eigenvalue weighted by Gasteiger charge is 2.58. The van der Waals surface area contributed by atoms with Crippen LogP contribution in [0.2, 0.25) is 20.1 Å². The lowest BCUT2D eigenvalue weighted by Crippen LogP contribution is -2.67. The molecule has 0 saturated carbocycles. The Morgan fingerprint density at radius 2 is 1.31 bits per heavy atom. The zero-order valence-electron chi connectivity index (χ0n) is 15.6. The van der Waals surface area contributed by atoms with E-state index in [9.17, 15) is 14.4 Å². The lowest BCUT2D eigenvalue weighted by atomic mass is 9.90. The first kappa shape index (κ1) is 22.2. The average molecular weight is 591 g/mol. The number of nitrogens with zero attached hydrogens (tertiary/aromatic N) is 2. The molecule has 3 heterocycles. The van der Waals surface area contributed by atoms with Crippen LogP contribution in [-0.4, -0.2) is 28.7 Å². The van der Waals surface area contributed by atoms with Crippen LogP contribution in [0.5, 0.6) is 0 Å². The summed E-state index contributed by atoms with van der Waals surface area (Å²) in [5.74, 6) is -1.86. The number of amides is 3. The average Bonchev–Trinajstić information content (AvgIpc) is 3.38. The Labute approximate surface area is 214 Å². The van der Waals surface area contributed by atoms with E-state index in [1.165, 1.54) is 11.3 Å². The van der Waals surface area contributed by atoms with E-state index in [2.05, 4.69) is 15.9 Å². The van der Waals surface area contributed by atoms with E-state index in [1.54, 1.807) is 17.0 Å². The smallest absolute Gasteiger partial charge is 0.264 e. The van der Waals surface area contributed by atoms with Gasteiger partial charge in [0.1, 0.15) is 12.1 Å². The third kappa shape index (κ3) is 3.06. The second-order valence-corrected chi connectivity index (χ2v) is 10.5. The molecular weight excluding hydrogens is 582 g/mol. The monoisotopic (exact) mass is 588 g/mol. The fourth-order valence-corrected chi connectivity index (χ4v) is 6.10. The van der Waals surface area contributed by atoms with Crippen LogP contribution in [0, 0.1) is 0 Å². The number of β-lactam (4-membered cyclic amide) rings is 1. The molecule has 3 amide bonds. The molecule has 2 aliphatic rings. The maximum atomic E-state index is 13.3. The fourth-order valence-electron chi connectivity index (χ4n) is 3.98. The zero-order valence-corrected chi connectivity index (χ0v) is 21.0. The van der Waals surface area contributed by atoms with E-state index >= 15 is 0 Å². The Morgan fingerprint density at radius 3 is 1.81 bits per heavy atom. The SMILES string of the molecule is O=C1c2c(Cl)c(Cl)c(Cl)c(Cl)c2C(=O)N1[C@H]1C(=O)N(c2ccc(Br)cc2)[C@@H]1c1cccs1. The summed E-state index contributed by atoms with van der Waals surface area (Å²) in [5, 5.41) is 1.30. The first-order valence-corrected chi connectivity index (χ1v) is 12.3. The highest BCUT2D eigenvalue weighted by atomic mass is 79.9. The van der Waals surface area contributed by atoms with Crippen molar-refractivity contribution in [1.82, 2.24) is 4.90 Å². The Hall–Kier alpha value is -1.61. The van der Waals surface area contributed by atoms with Crippen LogP contribution < -0.4 is 4.90 Å². The Balaban J connectivity index is 1.61. The minimum atomic E-state index is -1.06. The second kappa shape index (κ2) is 8.01. The van der Waals surface area contributed by atoms with E-state index in [1.807, 2.05) is 29.6 Å². The molecule has 0 radical (unpaired) electrons. The molecule has 1 fully saturated rings. The highest BCUT2D eigenvalue weighted by molar-refractivity contribution is 9.10. The molecule has 2 aromatic carbocycles. The third-order valence-electron chi connectivity index (χ3n) is 5.42. The molecular formula is C21H9BrCl4N2O3S. The summed E-state index contributed by atoms with van der Waals surface area (Å²) in [4.78, 5) is 43.3. The number of carbonyl (C=O) groups excluding carboxylic acids is 3. The van der Waals surface area contributed by atoms with Crippen molar-refractivity contribution in [3.8, 4) is 0 Å². The zero-order chi connectivity index (χ0) is 22.9. The number of rotatable bonds is 3. The standard InChI is InChI=1S/C21H9BrCl4N2O3S/c22-8-3-5-9(6-4-8)27-17(10-2-1-7-32-10)18(21(27)31)28-19(29)11-12(20(28)30)14(24)16(26)15(25)13(11)23/h1-7,17-18H/t17-,18-/m1/s1. The van der Waals surface area contributed by atoms with E-state index < -0.39 is 29.8 Å². The van der Waals surface area contributed by atoms with Gasteiger partial charge < -0.3 is 0 Å². The third-order valence-corrected chi connectivity index (χ3v) is 8.69. The minimum absolute atomic E-state index is 0.119. The van der Waals surface area contributed by atoms with Gasteiger partial charge in [0, 0.05) is 15.0 Å². The van der Waals surface area contributed by atoms with Crippen LogP contribution in [0.1, 0.15) is 31.6 Å². The molecule has 0 unspecified atom stereocenters. The van der Waals surface area contributed by atoms with E-state index in [0.717, 1.165) is 14.2 Å². The molecule has 0 N–H and O–H groups in total. The van der Waals surface area contributed by atoms with Gasteiger partial charge in [-0.15, -0.1) is 11.3 Å². The summed E-state index contributed by atoms with van der Waals surface area (Å²) < 4.78 is 0.858. The van der Waals surface area contributed by atoms with Crippen molar-refractivity contribution in [2.75, 3.05) is 4.90 Å². The van der Waals surface area contributed by atoms with Gasteiger partial charge in [-0.1, -0.05) is 68.4 Å². The van der Waals surface area contributed by atoms with Crippen LogP contribution in [0.4, 0.5) is 5.69 Å². The summed E-state index contributed by atoms with van der Waals surface area (Å²) in [5.41, 5.74) is 0.360. The van der Waals surface area contributed by atoms with Gasteiger partial charge in [0.2, 0.25) is 0 Å². The van der Waals surface area contributed by atoms with Gasteiger partial charge in [-0.3, -0.25) is 24.2 Å². The Morgan fingerprint density at radius 1 is 0.750 bits per heavy atom. The van der Waals surface area contributed by atoms with Gasteiger partial charge in [0.25, 0.3) is 17.7 Å². The highest BCUT2D eigenvalue weighted by Crippen LogP contribution is 2.49. The molecule has 162 valence electrons. The van der Waals surface area contributed by atoms with Gasteiger partial charge >= 0.3 is 0 Å². The predicted molar refractivity (Wildman–Crippen MR) is 129 cm³/mol. The molecule has 5 nitrogen and oxygen atoms in total. The summed E-state index contributed by atoms with van der Waals surface area (Å²) in [6.45, 7) is 0. The van der Waals surface area contributed by atoms with Crippen molar-refractivity contribution in [2.24, 2.45) is 0 Å². The van der Waals surface area contributed by atoms with Crippen molar-refractivity contribution in [3.63, 3.8) is 0 Å². The topological polar surface area (TPSA) is 57.7 Å². The van der Waals surface area contributed by atoms with E-state index in [0.29, 0.717) is 5.69 Å². The molecule has 2 atom stereocenters. The largest absolute Gasteiger partial charge is 0.300 e. The number of imide groups is 1. The number of benzene rings is 2. The van der Waals surface area contributed by atoms with Crippen LogP contribution in [0.15, 0.2) is 46.3 Å². The number of anilines is 1. The van der Waals surface area contributed by atoms with Crippen LogP contribution >= 0.6 is 73.7 Å². The van der Waals surface area contributed by atoms with Gasteiger partial charge in [-0.2, -0.15) is 0 Å². The number of fused-ring (bicyclic) bond motifs is 1. The molecule has 5 rings (SSSR count). The maximum absolute atomic E-state index is 13.3. The first-order valence-electron chi connectivity index (χ1n) is 9.10. The van der Waals surface area contributed by atoms with E-state index in [-0.39, 0.29) is 31.2 Å². The van der Waals surface area contributed by atoms with Crippen molar-refractivity contribution in [3.05, 3.63) is 82.3 Å². The van der Waals surface area contributed by atoms with Gasteiger partial charge in [-0.05, 0) is 35.7 Å². The Kier molecular flexibility index (Phi) is 5.55. The van der Waals surface area contributed by atoms with Crippen molar-refractivity contribution < 1.29 is 14.4 Å². The normalized spacial score (nSPS) is 20.1. The van der Waals surface area contributed by atoms with Crippen molar-refractivity contribution in [1.29, 1.82) is 0 Å². The molecule has 0 aliphatic carbocycles. The van der Waals surface area contributed by atoms with Crippen LogP contribution in [0.25, 0.3) is 0 Å². The number of hydrogen-bond acceptors (Lipinski definition) is 4. The van der Waals surface area contributed by atoms with Crippen LogP contribution in [0.3, 0.4) is 0 Å². The fraction of sp³-hybridized carbons (Fsp3) is 0.0952. The van der Waals surface area contributed by atoms with Gasteiger partial charge in [0.05, 0.1) is 31.2 Å². The van der Waals surface area contributed by atoms with Crippen LogP contribution in [-0.2, 0) is 4.79 Å². The van der Waals surface area contributed by atoms with Gasteiger partial charge in [-0.25, -0.2) is 0 Å². The van der Waals surface area contributed by atoms with Gasteiger partial charge in [0.15, 0.2) is 0 Å². The Bertz CT molecular complexity index is 1270. The molecule has 11 heteroatoms. The summed E-state index contributed by atoms with van der Waals surface area (Å²) in [7, 11) is 0. The first-order chi connectivity index (χ1) is 15.2. The maximum Gasteiger partial charge on any atom is 0.264 e. The number of thiophene rings is 1. The molecule has 2 aliphatic heterocycles. The molecule has 1 aromatic heterocycles. The molecule has 0 bridgehead atoms. The summed E-state index contributed by atoms with van der Waals surface area (Å²) in [6, 6.07) is 9.27. The number of carbonyl (C=O) groups is 3. The van der Waals surface area contributed by atoms with Crippen molar-refractivity contribution >= 4 is 97.1 Å². The summed E-state index contributed by atoms with van der Waals surface area (Å²) >= 11 is 29.5. The summed E-state index contributed by atoms with van der Waals surface area (Å²) in [6.07, 6.45) is 0. The molecule has 32 heavy (non-hydrogen) atoms. The lowest BCUT2D eigenvalue weighted by molar-refractivity contribution is -0.130. The lowest BCUT2D eigenvalue weighted by Gasteiger charge is -2.49. The molecule has 1 saturated heterocycles. The second-order valence-electron chi connectivity index (χ2n) is 7.08. The van der Waals surface area contributed by atoms with Crippen molar-refractivity contribution in [2.45, 2.75) is 12.1 Å². The quantitative estimate of drug-likeness (QED) is 0.145. The minimum Gasteiger partial charge on any atom is -0.300 e.